The zero-order valence-electron chi connectivity index (χ0n) is 8.33. The molecule has 2 unspecified atom stereocenters. The van der Waals surface area contributed by atoms with Gasteiger partial charge < -0.3 is 10.4 Å². The maximum atomic E-state index is 10.7. The molecule has 0 amide bonds. The second-order valence-electron chi connectivity index (χ2n) is 3.96. The van der Waals surface area contributed by atoms with E-state index in [2.05, 4.69) is 12.2 Å². The molecule has 1 aromatic rings. The Morgan fingerprint density at radius 2 is 2.27 bits per heavy atom. The van der Waals surface area contributed by atoms with Crippen LogP contribution >= 0.6 is 11.6 Å². The van der Waals surface area contributed by atoms with Gasteiger partial charge in [-0.05, 0) is 30.5 Å². The lowest BCUT2D eigenvalue weighted by atomic mass is 10.2. The molecule has 0 aromatic heterocycles. The van der Waals surface area contributed by atoms with Crippen molar-refractivity contribution >= 4 is 23.3 Å². The molecule has 2 rings (SSSR count). The Labute approximate surface area is 93.1 Å². The highest BCUT2D eigenvalue weighted by atomic mass is 35.5. The quantitative estimate of drug-likeness (QED) is 0.832. The van der Waals surface area contributed by atoms with Gasteiger partial charge in [-0.1, -0.05) is 18.5 Å². The van der Waals surface area contributed by atoms with Gasteiger partial charge in [0.1, 0.15) is 0 Å². The summed E-state index contributed by atoms with van der Waals surface area (Å²) in [5, 5.41) is 12.5. The third-order valence-electron chi connectivity index (χ3n) is 2.67. The molecule has 0 saturated heterocycles. The fourth-order valence-electron chi connectivity index (χ4n) is 1.49. The lowest BCUT2D eigenvalue weighted by Gasteiger charge is -2.07. The minimum atomic E-state index is -0.955. The summed E-state index contributed by atoms with van der Waals surface area (Å²) in [4.78, 5) is 10.7. The third kappa shape index (κ3) is 2.23. The molecule has 1 saturated carbocycles. The van der Waals surface area contributed by atoms with Crippen molar-refractivity contribution < 1.29 is 9.90 Å². The van der Waals surface area contributed by atoms with Crippen molar-refractivity contribution in [1.29, 1.82) is 0 Å². The Bertz CT molecular complexity index is 406. The minimum Gasteiger partial charge on any atom is -0.478 e. The van der Waals surface area contributed by atoms with Gasteiger partial charge in [0.15, 0.2) is 0 Å². The van der Waals surface area contributed by atoms with Crippen LogP contribution in [0.2, 0.25) is 5.02 Å². The largest absolute Gasteiger partial charge is 0.478 e. The van der Waals surface area contributed by atoms with Crippen molar-refractivity contribution in [2.75, 3.05) is 5.32 Å². The molecule has 0 aliphatic heterocycles. The number of anilines is 1. The van der Waals surface area contributed by atoms with Gasteiger partial charge in [-0.15, -0.1) is 0 Å². The van der Waals surface area contributed by atoms with Crippen LogP contribution in [-0.2, 0) is 0 Å². The fourth-order valence-corrected chi connectivity index (χ4v) is 1.72. The molecule has 2 atom stereocenters. The molecule has 0 radical (unpaired) electrons. The SMILES string of the molecule is CC1CC1Nc1ccc(C(=O)O)cc1Cl. The summed E-state index contributed by atoms with van der Waals surface area (Å²) in [6.07, 6.45) is 1.15. The van der Waals surface area contributed by atoms with Gasteiger partial charge in [0.05, 0.1) is 16.3 Å². The molecule has 1 aliphatic carbocycles. The fraction of sp³-hybridized carbons (Fsp3) is 0.364. The molecule has 0 bridgehead atoms. The molecule has 1 aliphatic rings. The van der Waals surface area contributed by atoms with E-state index in [1.807, 2.05) is 0 Å². The maximum Gasteiger partial charge on any atom is 0.335 e. The van der Waals surface area contributed by atoms with Crippen LogP contribution in [0.25, 0.3) is 0 Å². The lowest BCUT2D eigenvalue weighted by molar-refractivity contribution is 0.0697. The highest BCUT2D eigenvalue weighted by molar-refractivity contribution is 6.33. The summed E-state index contributed by atoms with van der Waals surface area (Å²) in [5.74, 6) is -0.275. The van der Waals surface area contributed by atoms with Crippen molar-refractivity contribution in [3.8, 4) is 0 Å². The van der Waals surface area contributed by atoms with Gasteiger partial charge in [0.2, 0.25) is 0 Å². The van der Waals surface area contributed by atoms with Crippen LogP contribution in [0.4, 0.5) is 5.69 Å². The van der Waals surface area contributed by atoms with Crippen LogP contribution in [0.15, 0.2) is 18.2 Å². The Morgan fingerprint density at radius 1 is 1.60 bits per heavy atom. The number of rotatable bonds is 3. The van der Waals surface area contributed by atoms with E-state index in [-0.39, 0.29) is 5.56 Å². The molecule has 15 heavy (non-hydrogen) atoms. The van der Waals surface area contributed by atoms with E-state index in [1.54, 1.807) is 12.1 Å². The molecule has 0 spiro atoms. The lowest BCUT2D eigenvalue weighted by Crippen LogP contribution is -2.05. The smallest absolute Gasteiger partial charge is 0.335 e. The normalized spacial score (nSPS) is 23.6. The average molecular weight is 226 g/mol. The molecule has 1 aromatic carbocycles. The van der Waals surface area contributed by atoms with Crippen LogP contribution in [-0.4, -0.2) is 17.1 Å². The number of hydrogen-bond donors (Lipinski definition) is 2. The average Bonchev–Trinajstić information content (AvgIpc) is 2.85. The highest BCUT2D eigenvalue weighted by Gasteiger charge is 2.32. The van der Waals surface area contributed by atoms with Crippen LogP contribution < -0.4 is 5.32 Å². The first-order valence-corrected chi connectivity index (χ1v) is 5.25. The van der Waals surface area contributed by atoms with Crippen molar-refractivity contribution in [3.63, 3.8) is 0 Å². The standard InChI is InChI=1S/C11H12ClNO2/c1-6-4-10(6)13-9-3-2-7(11(14)15)5-8(9)12/h2-3,5-6,10,13H,4H2,1H3,(H,14,15). The number of carbonyl (C=O) groups is 1. The van der Waals surface area contributed by atoms with Crippen molar-refractivity contribution in [2.24, 2.45) is 5.92 Å². The minimum absolute atomic E-state index is 0.217. The van der Waals surface area contributed by atoms with Crippen LogP contribution in [0.3, 0.4) is 0 Å². The van der Waals surface area contributed by atoms with E-state index in [4.69, 9.17) is 16.7 Å². The number of aromatic carboxylic acids is 1. The van der Waals surface area contributed by atoms with Crippen molar-refractivity contribution in [2.45, 2.75) is 19.4 Å². The zero-order chi connectivity index (χ0) is 11.0. The molecular weight excluding hydrogens is 214 g/mol. The third-order valence-corrected chi connectivity index (χ3v) is 2.98. The van der Waals surface area contributed by atoms with Gasteiger partial charge >= 0.3 is 5.97 Å². The van der Waals surface area contributed by atoms with Crippen molar-refractivity contribution in [3.05, 3.63) is 28.8 Å². The topological polar surface area (TPSA) is 49.3 Å². The van der Waals surface area contributed by atoms with Gasteiger partial charge in [-0.25, -0.2) is 4.79 Å². The van der Waals surface area contributed by atoms with E-state index >= 15 is 0 Å². The monoisotopic (exact) mass is 225 g/mol. The molecular formula is C11H12ClNO2. The predicted molar refractivity (Wildman–Crippen MR) is 59.6 cm³/mol. The number of nitrogens with one attached hydrogen (secondary N) is 1. The number of carboxylic acid groups (broad SMARTS) is 1. The molecule has 3 nitrogen and oxygen atoms in total. The number of carboxylic acids is 1. The van der Waals surface area contributed by atoms with E-state index < -0.39 is 5.97 Å². The second-order valence-corrected chi connectivity index (χ2v) is 4.37. The van der Waals surface area contributed by atoms with Gasteiger partial charge in [0.25, 0.3) is 0 Å². The molecule has 80 valence electrons. The summed E-state index contributed by atoms with van der Waals surface area (Å²) >= 11 is 5.97. The van der Waals surface area contributed by atoms with Crippen LogP contribution in [0.1, 0.15) is 23.7 Å². The number of hydrogen-bond acceptors (Lipinski definition) is 2. The Morgan fingerprint density at radius 3 is 2.73 bits per heavy atom. The maximum absolute atomic E-state index is 10.7. The first kappa shape index (κ1) is 10.3. The highest BCUT2D eigenvalue weighted by Crippen LogP contribution is 2.35. The van der Waals surface area contributed by atoms with E-state index in [0.29, 0.717) is 17.0 Å². The van der Waals surface area contributed by atoms with Gasteiger partial charge in [-0.3, -0.25) is 0 Å². The van der Waals surface area contributed by atoms with Crippen molar-refractivity contribution in [1.82, 2.24) is 0 Å². The first-order chi connectivity index (χ1) is 7.08. The second kappa shape index (κ2) is 3.74. The summed E-state index contributed by atoms with van der Waals surface area (Å²) in [5.41, 5.74) is 1.03. The van der Waals surface area contributed by atoms with Gasteiger partial charge in [-0.2, -0.15) is 0 Å². The predicted octanol–water partition coefficient (Wildman–Crippen LogP) is 2.86. The molecule has 0 heterocycles. The number of benzene rings is 1. The summed E-state index contributed by atoms with van der Waals surface area (Å²) in [7, 11) is 0. The van der Waals surface area contributed by atoms with E-state index in [1.165, 1.54) is 6.07 Å². The Kier molecular flexibility index (Phi) is 2.57. The first-order valence-electron chi connectivity index (χ1n) is 4.87. The van der Waals surface area contributed by atoms with Gasteiger partial charge in [0, 0.05) is 6.04 Å². The molecule has 4 heteroatoms. The van der Waals surface area contributed by atoms with Crippen LogP contribution in [0.5, 0.6) is 0 Å². The number of halogens is 1. The summed E-state index contributed by atoms with van der Waals surface area (Å²) in [6, 6.07) is 5.23. The summed E-state index contributed by atoms with van der Waals surface area (Å²) in [6.45, 7) is 2.16. The van der Waals surface area contributed by atoms with Crippen LogP contribution in [0, 0.1) is 5.92 Å². The van der Waals surface area contributed by atoms with E-state index in [0.717, 1.165) is 12.1 Å². The summed E-state index contributed by atoms with van der Waals surface area (Å²) < 4.78 is 0. The zero-order valence-corrected chi connectivity index (χ0v) is 9.08. The Balaban J connectivity index is 2.15. The van der Waals surface area contributed by atoms with E-state index in [9.17, 15) is 4.79 Å². The molecule has 2 N–H and O–H groups in total. The molecule has 1 fully saturated rings. The Hall–Kier alpha value is -1.22.